The van der Waals surface area contributed by atoms with Crippen LogP contribution in [0.3, 0.4) is 0 Å². The smallest absolute Gasteiger partial charge is 0.416 e. The van der Waals surface area contributed by atoms with E-state index in [-0.39, 0.29) is 17.1 Å². The van der Waals surface area contributed by atoms with Crippen LogP contribution >= 0.6 is 0 Å². The van der Waals surface area contributed by atoms with Crippen molar-refractivity contribution in [3.8, 4) is 11.5 Å². The van der Waals surface area contributed by atoms with Crippen LogP contribution in [-0.4, -0.2) is 10.9 Å². The molecule has 5 nitrogen and oxygen atoms in total. The number of anilines is 2. The van der Waals surface area contributed by atoms with Crippen molar-refractivity contribution in [2.75, 3.05) is 11.1 Å². The van der Waals surface area contributed by atoms with Crippen molar-refractivity contribution in [1.82, 2.24) is 4.98 Å². The molecule has 1 amide bonds. The number of nitrogens with two attached hydrogens (primary N) is 1. The summed E-state index contributed by atoms with van der Waals surface area (Å²) in [6, 6.07) is 14.1. The molecule has 1 heterocycles. The molecule has 0 aliphatic rings. The number of nitrogens with zero attached hydrogens (tertiary/aromatic N) is 1. The fourth-order valence-corrected chi connectivity index (χ4v) is 2.45. The Morgan fingerprint density at radius 2 is 1.75 bits per heavy atom. The van der Waals surface area contributed by atoms with Crippen molar-refractivity contribution < 1.29 is 22.7 Å². The molecule has 0 saturated heterocycles. The van der Waals surface area contributed by atoms with E-state index in [0.29, 0.717) is 17.1 Å². The third kappa shape index (κ3) is 4.59. The molecular weight excluding hydrogens is 371 g/mol. The maximum absolute atomic E-state index is 12.8. The number of carbonyl (C=O) groups is 1. The SMILES string of the molecule is Cc1ccc(C(=O)Nc2ccc(Oc3cccc(C(F)(F)F)c3)cc2)c(N)n1. The lowest BCUT2D eigenvalue weighted by Crippen LogP contribution is -2.15. The number of amides is 1. The number of benzene rings is 2. The molecular formula is C20H16F3N3O2. The van der Waals surface area contributed by atoms with Crippen LogP contribution in [0.5, 0.6) is 11.5 Å². The largest absolute Gasteiger partial charge is 0.457 e. The Balaban J connectivity index is 1.69. The van der Waals surface area contributed by atoms with Gasteiger partial charge in [0.05, 0.1) is 11.1 Å². The molecule has 0 atom stereocenters. The van der Waals surface area contributed by atoms with E-state index in [1.165, 1.54) is 24.3 Å². The van der Waals surface area contributed by atoms with E-state index in [2.05, 4.69) is 10.3 Å². The zero-order chi connectivity index (χ0) is 20.3. The minimum Gasteiger partial charge on any atom is -0.457 e. The molecule has 28 heavy (non-hydrogen) atoms. The summed E-state index contributed by atoms with van der Waals surface area (Å²) in [6.45, 7) is 1.77. The topological polar surface area (TPSA) is 77.2 Å². The molecule has 3 rings (SSSR count). The fraction of sp³-hybridized carbons (Fsp3) is 0.100. The van der Waals surface area contributed by atoms with Crippen molar-refractivity contribution in [3.63, 3.8) is 0 Å². The predicted octanol–water partition coefficient (Wildman–Crippen LogP) is 5.04. The highest BCUT2D eigenvalue weighted by Gasteiger charge is 2.30. The number of aryl methyl sites for hydroxylation is 1. The predicted molar refractivity (Wildman–Crippen MR) is 99.3 cm³/mol. The standard InChI is InChI=1S/C20H16F3N3O2/c1-12-5-10-17(18(24)25-12)19(27)26-14-6-8-15(9-7-14)28-16-4-2-3-13(11-16)20(21,22)23/h2-11H,1H3,(H2,24,25)(H,26,27). The Hall–Kier alpha value is -3.55. The second-order valence-electron chi connectivity index (χ2n) is 5.99. The van der Waals surface area contributed by atoms with E-state index in [1.807, 2.05) is 0 Å². The van der Waals surface area contributed by atoms with Crippen molar-refractivity contribution in [1.29, 1.82) is 0 Å². The zero-order valence-electron chi connectivity index (χ0n) is 14.7. The second-order valence-corrected chi connectivity index (χ2v) is 5.99. The molecule has 0 radical (unpaired) electrons. The maximum Gasteiger partial charge on any atom is 0.416 e. The van der Waals surface area contributed by atoms with Crippen LogP contribution < -0.4 is 15.8 Å². The number of hydrogen-bond donors (Lipinski definition) is 2. The van der Waals surface area contributed by atoms with Crippen LogP contribution in [0.2, 0.25) is 0 Å². The van der Waals surface area contributed by atoms with E-state index in [0.717, 1.165) is 12.1 Å². The average molecular weight is 387 g/mol. The van der Waals surface area contributed by atoms with Crippen molar-refractivity contribution in [2.45, 2.75) is 13.1 Å². The van der Waals surface area contributed by atoms with Gasteiger partial charge >= 0.3 is 6.18 Å². The Morgan fingerprint density at radius 3 is 2.39 bits per heavy atom. The van der Waals surface area contributed by atoms with E-state index in [1.54, 1.807) is 31.2 Å². The normalized spacial score (nSPS) is 11.1. The molecule has 0 aliphatic carbocycles. The van der Waals surface area contributed by atoms with Gasteiger partial charge in [0, 0.05) is 11.4 Å². The van der Waals surface area contributed by atoms with Gasteiger partial charge in [-0.05, 0) is 61.5 Å². The zero-order valence-corrected chi connectivity index (χ0v) is 14.7. The van der Waals surface area contributed by atoms with E-state index in [4.69, 9.17) is 10.5 Å². The summed E-state index contributed by atoms with van der Waals surface area (Å²) < 4.78 is 43.7. The van der Waals surface area contributed by atoms with Gasteiger partial charge in [-0.25, -0.2) is 4.98 Å². The summed E-state index contributed by atoms with van der Waals surface area (Å²) in [7, 11) is 0. The summed E-state index contributed by atoms with van der Waals surface area (Å²) in [5, 5.41) is 2.68. The van der Waals surface area contributed by atoms with Gasteiger partial charge in [0.15, 0.2) is 0 Å². The monoisotopic (exact) mass is 387 g/mol. The highest BCUT2D eigenvalue weighted by molar-refractivity contribution is 6.07. The Kier molecular flexibility index (Phi) is 5.21. The molecule has 2 aromatic carbocycles. The number of aromatic nitrogens is 1. The van der Waals surface area contributed by atoms with Crippen molar-refractivity contribution in [2.24, 2.45) is 0 Å². The van der Waals surface area contributed by atoms with Crippen molar-refractivity contribution in [3.05, 3.63) is 77.5 Å². The molecule has 0 spiro atoms. The Bertz CT molecular complexity index is 1000. The van der Waals surface area contributed by atoms with Gasteiger partial charge < -0.3 is 15.8 Å². The molecule has 8 heteroatoms. The number of carbonyl (C=O) groups excluding carboxylic acids is 1. The first-order chi connectivity index (χ1) is 13.2. The van der Waals surface area contributed by atoms with Gasteiger partial charge in [-0.2, -0.15) is 13.2 Å². The molecule has 0 fully saturated rings. The lowest BCUT2D eigenvalue weighted by atomic mass is 10.2. The number of hydrogen-bond acceptors (Lipinski definition) is 4. The third-order valence-corrected chi connectivity index (χ3v) is 3.82. The molecule has 3 N–H and O–H groups in total. The molecule has 0 saturated carbocycles. The van der Waals surface area contributed by atoms with Crippen LogP contribution in [0.4, 0.5) is 24.7 Å². The third-order valence-electron chi connectivity index (χ3n) is 3.82. The first kappa shape index (κ1) is 19.2. The maximum atomic E-state index is 12.8. The Labute approximate surface area is 159 Å². The van der Waals surface area contributed by atoms with Gasteiger partial charge in [0.25, 0.3) is 5.91 Å². The molecule has 0 bridgehead atoms. The second kappa shape index (κ2) is 7.59. The summed E-state index contributed by atoms with van der Waals surface area (Å²) in [5.41, 5.74) is 6.38. The molecule has 144 valence electrons. The van der Waals surface area contributed by atoms with Crippen LogP contribution in [-0.2, 0) is 6.18 Å². The number of nitrogen functional groups attached to an aromatic ring is 1. The quantitative estimate of drug-likeness (QED) is 0.658. The molecule has 0 aliphatic heterocycles. The minimum absolute atomic E-state index is 0.0603. The van der Waals surface area contributed by atoms with Crippen LogP contribution in [0.1, 0.15) is 21.6 Å². The van der Waals surface area contributed by atoms with Crippen LogP contribution in [0, 0.1) is 6.92 Å². The number of ether oxygens (including phenoxy) is 1. The van der Waals surface area contributed by atoms with Crippen LogP contribution in [0.25, 0.3) is 0 Å². The van der Waals surface area contributed by atoms with Gasteiger partial charge in [-0.15, -0.1) is 0 Å². The van der Waals surface area contributed by atoms with E-state index < -0.39 is 17.6 Å². The first-order valence-electron chi connectivity index (χ1n) is 8.22. The van der Waals surface area contributed by atoms with Gasteiger partial charge in [-0.1, -0.05) is 6.07 Å². The summed E-state index contributed by atoms with van der Waals surface area (Å²) in [5.74, 6) is 0.0949. The first-order valence-corrected chi connectivity index (χ1v) is 8.22. The molecule has 3 aromatic rings. The Morgan fingerprint density at radius 1 is 1.04 bits per heavy atom. The number of halogens is 3. The summed E-state index contributed by atoms with van der Waals surface area (Å²) >= 11 is 0. The molecule has 1 aromatic heterocycles. The van der Waals surface area contributed by atoms with E-state index in [9.17, 15) is 18.0 Å². The fourth-order valence-electron chi connectivity index (χ4n) is 2.45. The van der Waals surface area contributed by atoms with Gasteiger partial charge in [0.2, 0.25) is 0 Å². The highest BCUT2D eigenvalue weighted by atomic mass is 19.4. The molecule has 0 unspecified atom stereocenters. The minimum atomic E-state index is -4.44. The van der Waals surface area contributed by atoms with Gasteiger partial charge in [0.1, 0.15) is 17.3 Å². The van der Waals surface area contributed by atoms with Crippen molar-refractivity contribution >= 4 is 17.4 Å². The lowest BCUT2D eigenvalue weighted by molar-refractivity contribution is -0.137. The lowest BCUT2D eigenvalue weighted by Gasteiger charge is -2.11. The summed E-state index contributed by atoms with van der Waals surface area (Å²) in [6.07, 6.45) is -4.44. The number of rotatable bonds is 4. The number of nitrogens with one attached hydrogen (secondary N) is 1. The van der Waals surface area contributed by atoms with Crippen LogP contribution in [0.15, 0.2) is 60.7 Å². The number of pyridine rings is 1. The number of alkyl halides is 3. The average Bonchev–Trinajstić information content (AvgIpc) is 2.63. The highest BCUT2D eigenvalue weighted by Crippen LogP contribution is 2.32. The van der Waals surface area contributed by atoms with E-state index >= 15 is 0 Å². The summed E-state index contributed by atoms with van der Waals surface area (Å²) in [4.78, 5) is 16.3. The van der Waals surface area contributed by atoms with Gasteiger partial charge in [-0.3, -0.25) is 4.79 Å².